The average Bonchev–Trinajstić information content (AvgIpc) is 2.00. The highest BCUT2D eigenvalue weighted by Crippen LogP contribution is 1.87. The highest BCUT2D eigenvalue weighted by atomic mass is 16.8. The Hall–Kier alpha value is -0.200. The van der Waals surface area contributed by atoms with Crippen molar-refractivity contribution in [2.45, 2.75) is 13.3 Å². The average molecular weight is 149 g/mol. The van der Waals surface area contributed by atoms with Crippen LogP contribution < -0.4 is 16.7 Å². The number of nitrogens with two attached hydrogens (primary N) is 1. The molecule has 0 spiro atoms. The van der Waals surface area contributed by atoms with Crippen LogP contribution in [0.4, 0.5) is 0 Å². The van der Waals surface area contributed by atoms with Crippen LogP contribution >= 0.6 is 0 Å². The molecule has 0 aromatic rings. The van der Waals surface area contributed by atoms with Crippen molar-refractivity contribution in [3.63, 3.8) is 0 Å². The van der Waals surface area contributed by atoms with Crippen LogP contribution in [0.5, 0.6) is 0 Å². The van der Waals surface area contributed by atoms with E-state index in [1.807, 2.05) is 6.92 Å². The number of hydrogen-bond donors (Lipinski definition) is 3. The molecule has 0 aromatic heterocycles. The lowest BCUT2D eigenvalue weighted by Gasteiger charge is -2.24. The molecule has 0 saturated carbocycles. The molecular weight excluding hydrogens is 132 g/mol. The van der Waals surface area contributed by atoms with Gasteiger partial charge in [-0.05, 0) is 6.42 Å². The van der Waals surface area contributed by atoms with Crippen LogP contribution in [0.3, 0.4) is 0 Å². The maximum absolute atomic E-state index is 5.58. The fourth-order valence-electron chi connectivity index (χ4n) is 0.476. The zero-order valence-electron chi connectivity index (χ0n) is 6.85. The Labute approximate surface area is 61.6 Å². The third-order valence-corrected chi connectivity index (χ3v) is 1.16. The third-order valence-electron chi connectivity index (χ3n) is 1.16. The lowest BCUT2D eigenvalue weighted by Crippen LogP contribution is -2.68. The molecular formula is C5H17N4O+. The fourth-order valence-corrected chi connectivity index (χ4v) is 0.476. The molecule has 62 valence electrons. The second kappa shape index (κ2) is 4.59. The molecule has 5 nitrogen and oxygen atoms in total. The minimum atomic E-state index is -0.256. The predicted octanol–water partition coefficient (Wildman–Crippen LogP) is -0.713. The first-order valence-electron chi connectivity index (χ1n) is 3.38. The van der Waals surface area contributed by atoms with Crippen LogP contribution in [0, 0.1) is 0 Å². The predicted molar refractivity (Wildman–Crippen MR) is 38.8 cm³/mol. The highest BCUT2D eigenvalue weighted by Gasteiger charge is 2.19. The summed E-state index contributed by atoms with van der Waals surface area (Å²) in [5.41, 5.74) is 5.49. The molecule has 0 rings (SSSR count). The molecule has 0 aliphatic rings. The van der Waals surface area contributed by atoms with Gasteiger partial charge in [0.05, 0.1) is 0 Å². The van der Waals surface area contributed by atoms with Gasteiger partial charge in [0.15, 0.2) is 0 Å². The minimum Gasteiger partial charge on any atom is -0.139 e. The second-order valence-corrected chi connectivity index (χ2v) is 1.94. The number of nitrogens with zero attached hydrogens (tertiary/aromatic N) is 1. The van der Waals surface area contributed by atoms with Crippen molar-refractivity contribution < 1.29 is 9.81 Å². The van der Waals surface area contributed by atoms with E-state index in [1.54, 1.807) is 14.1 Å². The molecule has 0 atom stereocenters. The minimum absolute atomic E-state index is 0.256. The van der Waals surface area contributed by atoms with E-state index in [9.17, 15) is 0 Å². The highest BCUT2D eigenvalue weighted by molar-refractivity contribution is 4.14. The van der Waals surface area contributed by atoms with E-state index < -0.39 is 0 Å². The molecule has 0 amide bonds. The lowest BCUT2D eigenvalue weighted by atomic mass is 10.5. The van der Waals surface area contributed by atoms with E-state index in [0.717, 1.165) is 6.42 Å². The first-order valence-corrected chi connectivity index (χ1v) is 3.38. The van der Waals surface area contributed by atoms with Crippen LogP contribution in [0.2, 0.25) is 0 Å². The number of nitrogens with one attached hydrogen (secondary N) is 2. The van der Waals surface area contributed by atoms with E-state index in [-0.39, 0.29) is 4.97 Å². The second-order valence-electron chi connectivity index (χ2n) is 1.94. The van der Waals surface area contributed by atoms with E-state index in [4.69, 9.17) is 10.7 Å². The van der Waals surface area contributed by atoms with Gasteiger partial charge in [-0.3, -0.25) is 0 Å². The van der Waals surface area contributed by atoms with Crippen LogP contribution in [0.1, 0.15) is 13.3 Å². The van der Waals surface area contributed by atoms with Gasteiger partial charge in [-0.2, -0.15) is 0 Å². The van der Waals surface area contributed by atoms with Gasteiger partial charge in [0.25, 0.3) is 0 Å². The zero-order valence-corrected chi connectivity index (χ0v) is 6.85. The van der Waals surface area contributed by atoms with Gasteiger partial charge in [0, 0.05) is 19.1 Å². The summed E-state index contributed by atoms with van der Waals surface area (Å²) in [6.07, 6.45) is 0.945. The SMILES string of the molecule is CCCO[N+](N)(NC)NC. The number of hydrogen-bond acceptors (Lipinski definition) is 4. The Bertz CT molecular complexity index is 83.7. The Morgan fingerprint density at radius 3 is 2.20 bits per heavy atom. The van der Waals surface area contributed by atoms with E-state index in [2.05, 4.69) is 10.9 Å². The Morgan fingerprint density at radius 2 is 1.90 bits per heavy atom. The van der Waals surface area contributed by atoms with Gasteiger partial charge in [0.2, 0.25) is 0 Å². The Kier molecular flexibility index (Phi) is 4.50. The van der Waals surface area contributed by atoms with Crippen LogP contribution in [0.25, 0.3) is 0 Å². The molecule has 0 unspecified atom stereocenters. The van der Waals surface area contributed by atoms with Crippen LogP contribution in [-0.4, -0.2) is 25.7 Å². The third kappa shape index (κ3) is 3.09. The summed E-state index contributed by atoms with van der Waals surface area (Å²) in [6, 6.07) is 0. The monoisotopic (exact) mass is 149 g/mol. The van der Waals surface area contributed by atoms with Crippen molar-refractivity contribution in [1.29, 1.82) is 0 Å². The van der Waals surface area contributed by atoms with Crippen LogP contribution in [-0.2, 0) is 4.84 Å². The largest absolute Gasteiger partial charge is 0.139 e. The van der Waals surface area contributed by atoms with Crippen LogP contribution in [0.15, 0.2) is 0 Å². The maximum Gasteiger partial charge on any atom is 0.114 e. The molecule has 0 aliphatic heterocycles. The first kappa shape index (κ1) is 9.80. The molecule has 0 bridgehead atoms. The van der Waals surface area contributed by atoms with Gasteiger partial charge in [-0.25, -0.2) is 0 Å². The Morgan fingerprint density at radius 1 is 1.40 bits per heavy atom. The van der Waals surface area contributed by atoms with Crippen molar-refractivity contribution in [3.8, 4) is 0 Å². The standard InChI is InChI=1S/C5H17N4O/c1-4-5-10-9(6,7-2)8-3/h7-8H,4-6H2,1-3H3/q+1. The summed E-state index contributed by atoms with van der Waals surface area (Å²) >= 11 is 0. The van der Waals surface area contributed by atoms with E-state index in [1.165, 1.54) is 0 Å². The smallest absolute Gasteiger partial charge is 0.114 e. The maximum atomic E-state index is 5.58. The summed E-state index contributed by atoms with van der Waals surface area (Å²) in [4.78, 5) is 4.91. The van der Waals surface area contributed by atoms with Gasteiger partial charge < -0.3 is 0 Å². The van der Waals surface area contributed by atoms with Crippen molar-refractivity contribution in [2.24, 2.45) is 5.84 Å². The van der Waals surface area contributed by atoms with E-state index >= 15 is 0 Å². The molecule has 0 saturated heterocycles. The lowest BCUT2D eigenvalue weighted by molar-refractivity contribution is -1.18. The molecule has 0 heterocycles. The van der Waals surface area contributed by atoms with Gasteiger partial charge in [0.1, 0.15) is 6.61 Å². The summed E-state index contributed by atoms with van der Waals surface area (Å²) in [5.74, 6) is 5.58. The number of rotatable bonds is 5. The van der Waals surface area contributed by atoms with Gasteiger partial charge in [-0.15, -0.1) is 10.7 Å². The first-order chi connectivity index (χ1) is 4.68. The fraction of sp³-hybridized carbons (Fsp3) is 1.00. The molecule has 4 N–H and O–H groups in total. The van der Waals surface area contributed by atoms with Gasteiger partial charge in [-0.1, -0.05) is 17.8 Å². The summed E-state index contributed by atoms with van der Waals surface area (Å²) < 4.78 is 0. The summed E-state index contributed by atoms with van der Waals surface area (Å²) in [5, 5.41) is 0. The topological polar surface area (TPSA) is 59.3 Å². The molecule has 0 radical (unpaired) electrons. The van der Waals surface area contributed by atoms with Gasteiger partial charge >= 0.3 is 0 Å². The quantitative estimate of drug-likeness (QED) is 0.274. The summed E-state index contributed by atoms with van der Waals surface area (Å²) in [6.45, 7) is 2.65. The van der Waals surface area contributed by atoms with Crippen molar-refractivity contribution in [1.82, 2.24) is 10.9 Å². The zero-order chi connectivity index (χ0) is 8.04. The molecule has 10 heavy (non-hydrogen) atoms. The number of quaternary nitrogens is 1. The molecule has 0 aromatic carbocycles. The van der Waals surface area contributed by atoms with E-state index in [0.29, 0.717) is 6.61 Å². The van der Waals surface area contributed by atoms with Crippen molar-refractivity contribution in [3.05, 3.63) is 0 Å². The summed E-state index contributed by atoms with van der Waals surface area (Å²) in [7, 11) is 3.43. The molecule has 5 heteroatoms. The normalized spacial score (nSPS) is 12.0. The molecule has 0 fully saturated rings. The molecule has 0 aliphatic carbocycles. The Balaban J connectivity index is 3.58. The van der Waals surface area contributed by atoms with Crippen molar-refractivity contribution in [2.75, 3.05) is 20.7 Å². The van der Waals surface area contributed by atoms with Crippen molar-refractivity contribution >= 4 is 0 Å².